The number of esters is 1. The first-order valence-corrected chi connectivity index (χ1v) is 12.3. The van der Waals surface area contributed by atoms with E-state index in [0.29, 0.717) is 27.3 Å². The van der Waals surface area contributed by atoms with Crippen LogP contribution in [0, 0.1) is 11.3 Å². The summed E-state index contributed by atoms with van der Waals surface area (Å²) in [7, 11) is 0. The van der Waals surface area contributed by atoms with Gasteiger partial charge in [-0.1, -0.05) is 30.3 Å². The molecule has 1 aliphatic carbocycles. The maximum atomic E-state index is 12.9. The number of ketones is 1. The van der Waals surface area contributed by atoms with Crippen molar-refractivity contribution in [3.8, 4) is 6.07 Å². The first-order valence-electron chi connectivity index (χ1n) is 11.3. The van der Waals surface area contributed by atoms with Crippen LogP contribution in [-0.4, -0.2) is 29.5 Å². The van der Waals surface area contributed by atoms with Crippen LogP contribution in [0.5, 0.6) is 0 Å². The molecular formula is C28H24N2O4S. The molecule has 0 heterocycles. The maximum Gasteiger partial charge on any atom is 0.339 e. The summed E-state index contributed by atoms with van der Waals surface area (Å²) in [5.41, 5.74) is 4.29. The van der Waals surface area contributed by atoms with E-state index in [1.165, 1.54) is 22.9 Å². The first-order chi connectivity index (χ1) is 16.9. The van der Waals surface area contributed by atoms with Crippen LogP contribution in [0.3, 0.4) is 0 Å². The van der Waals surface area contributed by atoms with Gasteiger partial charge in [0.2, 0.25) is 11.7 Å². The van der Waals surface area contributed by atoms with Gasteiger partial charge in [0.05, 0.1) is 22.9 Å². The van der Waals surface area contributed by atoms with Crippen molar-refractivity contribution >= 4 is 35.1 Å². The van der Waals surface area contributed by atoms with Crippen LogP contribution in [-0.2, 0) is 22.4 Å². The molecule has 0 aliphatic heterocycles. The lowest BCUT2D eigenvalue weighted by molar-refractivity contribution is -0.113. The molecule has 0 saturated heterocycles. The molecule has 1 atom stereocenters. The molecule has 0 fully saturated rings. The third kappa shape index (κ3) is 5.97. The van der Waals surface area contributed by atoms with Crippen LogP contribution >= 0.6 is 11.8 Å². The normalized spacial score (nSPS) is 12.8. The van der Waals surface area contributed by atoms with Gasteiger partial charge < -0.3 is 10.1 Å². The number of benzene rings is 3. The van der Waals surface area contributed by atoms with Gasteiger partial charge in [-0.05, 0) is 73.7 Å². The van der Waals surface area contributed by atoms with Gasteiger partial charge in [-0.15, -0.1) is 11.8 Å². The second-order valence-electron chi connectivity index (χ2n) is 8.27. The van der Waals surface area contributed by atoms with Crippen LogP contribution in [0.1, 0.15) is 50.8 Å². The van der Waals surface area contributed by atoms with E-state index in [2.05, 4.69) is 5.32 Å². The third-order valence-corrected chi connectivity index (χ3v) is 6.85. The number of amides is 1. The highest BCUT2D eigenvalue weighted by molar-refractivity contribution is 8.00. The van der Waals surface area contributed by atoms with E-state index in [-0.39, 0.29) is 17.4 Å². The molecule has 176 valence electrons. The molecule has 6 nitrogen and oxygen atoms in total. The van der Waals surface area contributed by atoms with Gasteiger partial charge in [-0.2, -0.15) is 5.26 Å². The summed E-state index contributed by atoms with van der Waals surface area (Å²) in [5.74, 6) is -1.06. The van der Waals surface area contributed by atoms with Crippen LogP contribution in [0.25, 0.3) is 0 Å². The summed E-state index contributed by atoms with van der Waals surface area (Å²) in [4.78, 5) is 38.7. The minimum absolute atomic E-state index is 0.0602. The third-order valence-electron chi connectivity index (χ3n) is 5.78. The number of carbonyl (C=O) groups excluding carboxylic acids is 3. The highest BCUT2D eigenvalue weighted by Crippen LogP contribution is 2.26. The lowest BCUT2D eigenvalue weighted by Crippen LogP contribution is -2.25. The molecule has 0 bridgehead atoms. The molecule has 0 spiro atoms. The zero-order valence-electron chi connectivity index (χ0n) is 19.2. The molecule has 3 aromatic rings. The fraction of sp³-hybridized carbons (Fsp3) is 0.214. The summed E-state index contributed by atoms with van der Waals surface area (Å²) in [6.45, 7) is 1.58. The predicted molar refractivity (Wildman–Crippen MR) is 135 cm³/mol. The molecule has 7 heteroatoms. The fourth-order valence-corrected chi connectivity index (χ4v) is 4.85. The van der Waals surface area contributed by atoms with E-state index in [4.69, 9.17) is 10.00 Å². The zero-order valence-corrected chi connectivity index (χ0v) is 20.1. The Labute approximate surface area is 208 Å². The van der Waals surface area contributed by atoms with Crippen molar-refractivity contribution < 1.29 is 19.1 Å². The molecule has 0 saturated carbocycles. The Morgan fingerprint density at radius 2 is 1.83 bits per heavy atom. The number of hydrogen-bond donors (Lipinski definition) is 1. The van der Waals surface area contributed by atoms with Gasteiger partial charge in [-0.3, -0.25) is 9.59 Å². The number of aryl methyl sites for hydroxylation is 2. The standard InChI is InChI=1S/C28H24N2O4S/c1-18(27(32)22-13-12-20-7-5-8-21(20)15-22)34-28(33)24-10-2-3-11-25(24)35-17-26(31)30-23-9-4-6-19(14-23)16-29/h2-4,6,9-15,18H,5,7-8,17H2,1H3,(H,30,31)/t18-/m1/s1. The summed E-state index contributed by atoms with van der Waals surface area (Å²) < 4.78 is 5.51. The Kier molecular flexibility index (Phi) is 7.64. The SMILES string of the molecule is C[C@@H](OC(=O)c1ccccc1SCC(=O)Nc1cccc(C#N)c1)C(=O)c1ccc2c(c1)CCC2. The van der Waals surface area contributed by atoms with Crippen molar-refractivity contribution in [3.05, 3.63) is 94.5 Å². The number of rotatable bonds is 8. The molecule has 0 radical (unpaired) electrons. The number of fused-ring (bicyclic) bond motifs is 1. The van der Waals surface area contributed by atoms with Crippen molar-refractivity contribution in [2.24, 2.45) is 0 Å². The summed E-state index contributed by atoms with van der Waals surface area (Å²) in [6.07, 6.45) is 2.16. The topological polar surface area (TPSA) is 96.3 Å². The average molecular weight is 485 g/mol. The number of nitrogens with one attached hydrogen (secondary N) is 1. The Hall–Kier alpha value is -3.89. The van der Waals surface area contributed by atoms with E-state index >= 15 is 0 Å². The molecule has 0 aromatic heterocycles. The smallest absolute Gasteiger partial charge is 0.339 e. The number of Topliss-reactive ketones (excluding diaryl/α,β-unsaturated/α-hetero) is 1. The Bertz CT molecular complexity index is 1330. The maximum absolute atomic E-state index is 12.9. The Balaban J connectivity index is 1.37. The Morgan fingerprint density at radius 3 is 2.66 bits per heavy atom. The van der Waals surface area contributed by atoms with Crippen LogP contribution < -0.4 is 5.32 Å². The number of carbonyl (C=O) groups is 3. The van der Waals surface area contributed by atoms with Crippen molar-refractivity contribution in [1.82, 2.24) is 0 Å². The number of ether oxygens (including phenoxy) is 1. The molecule has 35 heavy (non-hydrogen) atoms. The van der Waals surface area contributed by atoms with Crippen LogP contribution in [0.2, 0.25) is 0 Å². The number of nitrogens with zero attached hydrogens (tertiary/aromatic N) is 1. The first kappa shape index (κ1) is 24.2. The highest BCUT2D eigenvalue weighted by Gasteiger charge is 2.23. The minimum Gasteiger partial charge on any atom is -0.451 e. The van der Waals surface area contributed by atoms with E-state index in [9.17, 15) is 14.4 Å². The van der Waals surface area contributed by atoms with Gasteiger partial charge in [-0.25, -0.2) is 4.79 Å². The minimum atomic E-state index is -0.935. The molecule has 4 rings (SSSR count). The van der Waals surface area contributed by atoms with E-state index in [0.717, 1.165) is 19.3 Å². The van der Waals surface area contributed by atoms with Crippen molar-refractivity contribution in [1.29, 1.82) is 5.26 Å². The van der Waals surface area contributed by atoms with Crippen molar-refractivity contribution in [2.75, 3.05) is 11.1 Å². The van der Waals surface area contributed by atoms with E-state index in [1.807, 2.05) is 18.2 Å². The molecule has 0 unspecified atom stereocenters. The van der Waals surface area contributed by atoms with Gasteiger partial charge in [0.15, 0.2) is 6.10 Å². The summed E-state index contributed by atoms with van der Waals surface area (Å²) >= 11 is 1.20. The lowest BCUT2D eigenvalue weighted by atomic mass is 10.0. The van der Waals surface area contributed by atoms with Gasteiger partial charge >= 0.3 is 5.97 Å². The van der Waals surface area contributed by atoms with Crippen molar-refractivity contribution in [2.45, 2.75) is 37.2 Å². The molecule has 1 N–H and O–H groups in total. The van der Waals surface area contributed by atoms with Gasteiger partial charge in [0.1, 0.15) is 0 Å². The van der Waals surface area contributed by atoms with Crippen LogP contribution in [0.15, 0.2) is 71.6 Å². The molecule has 3 aromatic carbocycles. The second kappa shape index (κ2) is 11.0. The largest absolute Gasteiger partial charge is 0.451 e. The van der Waals surface area contributed by atoms with E-state index < -0.39 is 12.1 Å². The quantitative estimate of drug-likeness (QED) is 0.268. The van der Waals surface area contributed by atoms with Crippen molar-refractivity contribution in [3.63, 3.8) is 0 Å². The van der Waals surface area contributed by atoms with Gasteiger partial charge in [0, 0.05) is 16.1 Å². The number of anilines is 1. The number of nitriles is 1. The van der Waals surface area contributed by atoms with E-state index in [1.54, 1.807) is 61.5 Å². The van der Waals surface area contributed by atoms with Crippen LogP contribution in [0.4, 0.5) is 5.69 Å². The summed E-state index contributed by atoms with van der Waals surface area (Å²) in [6, 6.07) is 21.2. The monoisotopic (exact) mass is 484 g/mol. The zero-order chi connectivity index (χ0) is 24.8. The Morgan fingerprint density at radius 1 is 1.03 bits per heavy atom. The molecule has 1 aliphatic rings. The lowest BCUT2D eigenvalue weighted by Gasteiger charge is -2.15. The average Bonchev–Trinajstić information content (AvgIpc) is 3.35. The summed E-state index contributed by atoms with van der Waals surface area (Å²) in [5, 5.41) is 11.7. The second-order valence-corrected chi connectivity index (χ2v) is 9.29. The number of thioether (sulfide) groups is 1. The van der Waals surface area contributed by atoms with Gasteiger partial charge in [0.25, 0.3) is 0 Å². The molecular weight excluding hydrogens is 460 g/mol. The molecule has 1 amide bonds. The highest BCUT2D eigenvalue weighted by atomic mass is 32.2. The fourth-order valence-electron chi connectivity index (χ4n) is 4.01. The number of hydrogen-bond acceptors (Lipinski definition) is 6. The predicted octanol–water partition coefficient (Wildman–Crippen LogP) is 5.21.